The maximum absolute atomic E-state index is 12.2. The molecule has 0 aliphatic heterocycles. The Labute approximate surface area is 152 Å². The minimum atomic E-state index is -3.89. The molecule has 1 rings (SSSR count). The van der Waals surface area contributed by atoms with Gasteiger partial charge in [0.1, 0.15) is 6.54 Å². The van der Waals surface area contributed by atoms with Crippen molar-refractivity contribution in [2.24, 2.45) is 0 Å². The molecule has 26 heavy (non-hydrogen) atoms. The molecule has 0 aliphatic carbocycles. The van der Waals surface area contributed by atoms with Crippen molar-refractivity contribution in [2.75, 3.05) is 13.1 Å². The Morgan fingerprint density at radius 2 is 1.81 bits per heavy atom. The van der Waals surface area contributed by atoms with E-state index < -0.39 is 40.6 Å². The van der Waals surface area contributed by atoms with Crippen molar-refractivity contribution in [2.45, 2.75) is 38.7 Å². The number of sulfonamides is 1. The first-order valence-electron chi connectivity index (χ1n) is 7.92. The first-order valence-corrected chi connectivity index (χ1v) is 9.40. The molecule has 1 aromatic rings. The lowest BCUT2D eigenvalue weighted by Crippen LogP contribution is -2.45. The molecular weight excluding hydrogens is 362 g/mol. The molecule has 0 fully saturated rings. The van der Waals surface area contributed by atoms with E-state index in [-0.39, 0.29) is 4.90 Å². The summed E-state index contributed by atoms with van der Waals surface area (Å²) in [4.78, 5) is 34.7. The summed E-state index contributed by atoms with van der Waals surface area (Å²) in [6.45, 7) is 6.25. The van der Waals surface area contributed by atoms with E-state index in [1.54, 1.807) is 19.9 Å². The highest BCUT2D eigenvalue weighted by Gasteiger charge is 2.22. The van der Waals surface area contributed by atoms with Crippen molar-refractivity contribution in [3.05, 3.63) is 29.3 Å². The molecule has 0 spiro atoms. The van der Waals surface area contributed by atoms with Crippen LogP contribution < -0.4 is 15.4 Å². The molecule has 10 heteroatoms. The molecule has 1 atom stereocenters. The highest BCUT2D eigenvalue weighted by molar-refractivity contribution is 7.89. The van der Waals surface area contributed by atoms with Gasteiger partial charge in [-0.15, -0.1) is 0 Å². The molecule has 0 radical (unpaired) electrons. The maximum Gasteiger partial charge on any atom is 0.321 e. The van der Waals surface area contributed by atoms with Gasteiger partial charge in [-0.1, -0.05) is 6.07 Å². The number of carbonyl (C=O) groups excluding carboxylic acids is 3. The number of ether oxygens (including phenoxy) is 1. The largest absolute Gasteiger partial charge is 0.452 e. The van der Waals surface area contributed by atoms with Crippen LogP contribution in [0.5, 0.6) is 0 Å². The third-order valence-corrected chi connectivity index (χ3v) is 4.85. The van der Waals surface area contributed by atoms with Crippen molar-refractivity contribution in [1.29, 1.82) is 0 Å². The fraction of sp³-hybridized carbons (Fsp3) is 0.438. The molecule has 144 valence electrons. The predicted molar refractivity (Wildman–Crippen MR) is 93.9 cm³/mol. The minimum Gasteiger partial charge on any atom is -0.452 e. The van der Waals surface area contributed by atoms with Gasteiger partial charge in [-0.25, -0.2) is 13.2 Å². The van der Waals surface area contributed by atoms with Crippen LogP contribution in [0.25, 0.3) is 0 Å². The number of esters is 1. The van der Waals surface area contributed by atoms with E-state index in [9.17, 15) is 22.8 Å². The van der Waals surface area contributed by atoms with Gasteiger partial charge in [-0.05, 0) is 51.0 Å². The molecular formula is C16H23N3O6S. The first-order chi connectivity index (χ1) is 12.1. The number of imide groups is 1. The Balaban J connectivity index is 2.58. The second kappa shape index (κ2) is 9.30. The second-order valence-electron chi connectivity index (χ2n) is 5.55. The van der Waals surface area contributed by atoms with E-state index in [4.69, 9.17) is 4.74 Å². The molecule has 0 saturated heterocycles. The average Bonchev–Trinajstić information content (AvgIpc) is 2.55. The molecule has 0 saturated carbocycles. The first kappa shape index (κ1) is 21.6. The summed E-state index contributed by atoms with van der Waals surface area (Å²) in [5.74, 6) is -1.77. The number of rotatable bonds is 7. The van der Waals surface area contributed by atoms with Gasteiger partial charge in [0.15, 0.2) is 6.10 Å². The van der Waals surface area contributed by atoms with E-state index in [1.807, 2.05) is 12.2 Å². The number of benzene rings is 1. The summed E-state index contributed by atoms with van der Waals surface area (Å²) in [6, 6.07) is 3.87. The molecule has 0 aliphatic rings. The molecule has 3 N–H and O–H groups in total. The molecule has 1 aromatic carbocycles. The van der Waals surface area contributed by atoms with Crippen molar-refractivity contribution in [1.82, 2.24) is 15.4 Å². The van der Waals surface area contributed by atoms with Crippen LogP contribution in [0, 0.1) is 13.8 Å². The number of nitrogens with one attached hydrogen (secondary N) is 3. The van der Waals surface area contributed by atoms with Crippen LogP contribution in [-0.4, -0.2) is 45.5 Å². The Morgan fingerprint density at radius 1 is 1.15 bits per heavy atom. The van der Waals surface area contributed by atoms with Crippen LogP contribution >= 0.6 is 0 Å². The molecule has 0 bridgehead atoms. The number of urea groups is 1. The fourth-order valence-corrected chi connectivity index (χ4v) is 2.88. The highest BCUT2D eigenvalue weighted by atomic mass is 32.2. The smallest absolute Gasteiger partial charge is 0.321 e. The summed E-state index contributed by atoms with van der Waals surface area (Å²) in [5.41, 5.74) is 1.74. The lowest BCUT2D eigenvalue weighted by molar-refractivity contribution is -0.153. The van der Waals surface area contributed by atoms with Crippen molar-refractivity contribution in [3.63, 3.8) is 0 Å². The SMILES string of the molecule is CCNC(=O)NC(=O)[C@H](C)OC(=O)CNS(=O)(=O)c1ccc(C)c(C)c1. The number of hydrogen-bond acceptors (Lipinski definition) is 6. The van der Waals surface area contributed by atoms with Crippen LogP contribution in [0.15, 0.2) is 23.1 Å². The Hall–Kier alpha value is -2.46. The maximum atomic E-state index is 12.2. The van der Waals surface area contributed by atoms with Gasteiger partial charge in [0.05, 0.1) is 4.90 Å². The van der Waals surface area contributed by atoms with Crippen LogP contribution in [0.1, 0.15) is 25.0 Å². The van der Waals surface area contributed by atoms with Crippen molar-refractivity contribution in [3.8, 4) is 0 Å². The molecule has 0 heterocycles. The van der Waals surface area contributed by atoms with Gasteiger partial charge in [0.25, 0.3) is 5.91 Å². The van der Waals surface area contributed by atoms with Gasteiger partial charge in [0.2, 0.25) is 10.0 Å². The summed E-state index contributed by atoms with van der Waals surface area (Å²) < 4.78 is 31.3. The molecule has 0 aromatic heterocycles. The lowest BCUT2D eigenvalue weighted by atomic mass is 10.1. The Bertz CT molecular complexity index is 791. The number of aryl methyl sites for hydroxylation is 2. The summed E-state index contributed by atoms with van der Waals surface area (Å²) in [6.07, 6.45) is -1.25. The van der Waals surface area contributed by atoms with Gasteiger partial charge in [-0.2, -0.15) is 4.72 Å². The van der Waals surface area contributed by atoms with E-state index >= 15 is 0 Å². The van der Waals surface area contributed by atoms with Crippen molar-refractivity contribution >= 4 is 27.9 Å². The van der Waals surface area contributed by atoms with Crippen molar-refractivity contribution < 1.29 is 27.5 Å². The third-order valence-electron chi connectivity index (χ3n) is 3.45. The highest BCUT2D eigenvalue weighted by Crippen LogP contribution is 2.14. The molecule has 3 amide bonds. The number of hydrogen-bond donors (Lipinski definition) is 3. The zero-order valence-electron chi connectivity index (χ0n) is 15.1. The fourth-order valence-electron chi connectivity index (χ4n) is 1.83. The number of amides is 3. The Kier molecular flexibility index (Phi) is 7.72. The van der Waals surface area contributed by atoms with Gasteiger partial charge in [0, 0.05) is 6.54 Å². The predicted octanol–water partition coefficient (Wildman–Crippen LogP) is 0.359. The molecule has 9 nitrogen and oxygen atoms in total. The molecule has 0 unspecified atom stereocenters. The standard InChI is InChI=1S/C16H23N3O6S/c1-5-17-16(22)19-15(21)12(4)25-14(20)9-18-26(23,24)13-7-6-10(2)11(3)8-13/h6-8,12,18H,5,9H2,1-4H3,(H2,17,19,21,22)/t12-/m0/s1. The van der Waals surface area contributed by atoms with Gasteiger partial charge >= 0.3 is 12.0 Å². The quantitative estimate of drug-likeness (QED) is 0.581. The zero-order valence-corrected chi connectivity index (χ0v) is 15.9. The van der Waals surface area contributed by atoms with Crippen LogP contribution in [-0.2, 0) is 24.3 Å². The van der Waals surface area contributed by atoms with Gasteiger partial charge < -0.3 is 10.1 Å². The summed E-state index contributed by atoms with van der Waals surface area (Å²) >= 11 is 0. The minimum absolute atomic E-state index is 0.0235. The monoisotopic (exact) mass is 385 g/mol. The topological polar surface area (TPSA) is 131 Å². The second-order valence-corrected chi connectivity index (χ2v) is 7.32. The van der Waals surface area contributed by atoms with E-state index in [0.717, 1.165) is 11.1 Å². The van der Waals surface area contributed by atoms with Crippen LogP contribution in [0.2, 0.25) is 0 Å². The number of carbonyl (C=O) groups is 3. The summed E-state index contributed by atoms with van der Waals surface area (Å²) in [7, 11) is -3.89. The third kappa shape index (κ3) is 6.45. The van der Waals surface area contributed by atoms with E-state index in [0.29, 0.717) is 6.54 Å². The van der Waals surface area contributed by atoms with Crippen LogP contribution in [0.4, 0.5) is 4.79 Å². The van der Waals surface area contributed by atoms with E-state index in [2.05, 4.69) is 10.0 Å². The lowest BCUT2D eigenvalue weighted by Gasteiger charge is -2.13. The zero-order chi connectivity index (χ0) is 19.9. The summed E-state index contributed by atoms with van der Waals surface area (Å²) in [5, 5.41) is 4.34. The Morgan fingerprint density at radius 3 is 2.38 bits per heavy atom. The van der Waals surface area contributed by atoms with E-state index in [1.165, 1.54) is 19.1 Å². The van der Waals surface area contributed by atoms with Gasteiger partial charge in [-0.3, -0.25) is 14.9 Å². The normalized spacial score (nSPS) is 12.2. The average molecular weight is 385 g/mol. The van der Waals surface area contributed by atoms with Crippen LogP contribution in [0.3, 0.4) is 0 Å².